The molecular weight excluding hydrogens is 390 g/mol. The molecule has 4 rings (SSSR count). The first kappa shape index (κ1) is 20.7. The first-order valence-electron chi connectivity index (χ1n) is 10.6. The van der Waals surface area contributed by atoms with Gasteiger partial charge in [-0.25, -0.2) is 4.98 Å². The number of aryl methyl sites for hydroxylation is 1. The Labute approximate surface area is 180 Å². The lowest BCUT2D eigenvalue weighted by atomic mass is 10.2. The van der Waals surface area contributed by atoms with Crippen LogP contribution in [0.25, 0.3) is 21.9 Å². The fraction of sp³-hybridized carbons (Fsp3) is 0.292. The molecule has 2 aromatic carbocycles. The number of benzene rings is 2. The van der Waals surface area contributed by atoms with Gasteiger partial charge in [-0.3, -0.25) is 14.2 Å². The molecule has 7 heteroatoms. The molecule has 0 aliphatic carbocycles. The molecule has 0 atom stereocenters. The van der Waals surface area contributed by atoms with E-state index >= 15 is 0 Å². The largest absolute Gasteiger partial charge is 0.372 e. The summed E-state index contributed by atoms with van der Waals surface area (Å²) in [5, 5.41) is 3.82. The minimum Gasteiger partial charge on any atom is -0.372 e. The number of carbonyl (C=O) groups excluding carboxylic acids is 1. The number of anilines is 1. The molecule has 2 heterocycles. The summed E-state index contributed by atoms with van der Waals surface area (Å²) in [5.74, 6) is -0.196. The zero-order valence-corrected chi connectivity index (χ0v) is 17.9. The Morgan fingerprint density at radius 1 is 1.19 bits per heavy atom. The summed E-state index contributed by atoms with van der Waals surface area (Å²) in [4.78, 5) is 35.0. The average Bonchev–Trinajstić information content (AvgIpc) is 3.15. The van der Waals surface area contributed by atoms with Crippen LogP contribution in [0.3, 0.4) is 0 Å². The number of H-pyrrole nitrogens is 1. The fourth-order valence-electron chi connectivity index (χ4n) is 3.85. The van der Waals surface area contributed by atoms with Crippen molar-refractivity contribution in [1.29, 1.82) is 0 Å². The minimum absolute atomic E-state index is 0.0491. The number of amides is 1. The number of rotatable bonds is 8. The third kappa shape index (κ3) is 4.45. The first-order valence-corrected chi connectivity index (χ1v) is 10.6. The van der Waals surface area contributed by atoms with E-state index in [9.17, 15) is 9.59 Å². The van der Waals surface area contributed by atoms with Crippen LogP contribution >= 0.6 is 0 Å². The minimum atomic E-state index is -0.243. The predicted molar refractivity (Wildman–Crippen MR) is 125 cm³/mol. The van der Waals surface area contributed by atoms with E-state index in [1.807, 2.05) is 24.3 Å². The van der Waals surface area contributed by atoms with Crippen molar-refractivity contribution in [1.82, 2.24) is 19.9 Å². The molecule has 0 aliphatic rings. The van der Waals surface area contributed by atoms with E-state index in [0.29, 0.717) is 17.6 Å². The SMILES string of the molecule is CCN(CCCNC(=O)Cn1cnc2c([nH]c3ccccc32)c1=O)c1cccc(C)c1. The van der Waals surface area contributed by atoms with E-state index in [0.717, 1.165) is 30.4 Å². The van der Waals surface area contributed by atoms with Crippen LogP contribution < -0.4 is 15.8 Å². The van der Waals surface area contributed by atoms with E-state index in [-0.39, 0.29) is 18.0 Å². The lowest BCUT2D eigenvalue weighted by Gasteiger charge is -2.23. The maximum atomic E-state index is 12.8. The van der Waals surface area contributed by atoms with Gasteiger partial charge in [0.05, 0.1) is 6.33 Å². The van der Waals surface area contributed by atoms with Crippen LogP contribution in [-0.4, -0.2) is 40.1 Å². The number of carbonyl (C=O) groups is 1. The second kappa shape index (κ2) is 9.04. The molecule has 160 valence electrons. The standard InChI is InChI=1S/C24H27N5O2/c1-3-28(18-9-6-8-17(2)14-18)13-7-12-25-21(30)15-29-16-26-22-19-10-4-5-11-20(19)27-23(22)24(29)31/h4-6,8-11,14,16,27H,3,7,12-13,15H2,1-2H3,(H,25,30). The molecule has 1 amide bonds. The van der Waals surface area contributed by atoms with E-state index in [1.54, 1.807) is 0 Å². The van der Waals surface area contributed by atoms with Gasteiger partial charge in [0.1, 0.15) is 17.6 Å². The summed E-state index contributed by atoms with van der Waals surface area (Å²) in [6.45, 7) is 6.47. The normalized spacial score (nSPS) is 11.2. The summed E-state index contributed by atoms with van der Waals surface area (Å²) in [6.07, 6.45) is 2.27. The summed E-state index contributed by atoms with van der Waals surface area (Å²) in [7, 11) is 0. The van der Waals surface area contributed by atoms with Crippen LogP contribution in [0.4, 0.5) is 5.69 Å². The van der Waals surface area contributed by atoms with Crippen LogP contribution in [-0.2, 0) is 11.3 Å². The van der Waals surface area contributed by atoms with Crippen molar-refractivity contribution in [2.45, 2.75) is 26.8 Å². The predicted octanol–water partition coefficient (Wildman–Crippen LogP) is 3.22. The van der Waals surface area contributed by atoms with Gasteiger partial charge < -0.3 is 15.2 Å². The van der Waals surface area contributed by atoms with Gasteiger partial charge in [0.2, 0.25) is 5.91 Å². The van der Waals surface area contributed by atoms with Crippen molar-refractivity contribution in [2.24, 2.45) is 0 Å². The monoisotopic (exact) mass is 417 g/mol. The highest BCUT2D eigenvalue weighted by atomic mass is 16.2. The van der Waals surface area contributed by atoms with Gasteiger partial charge in [-0.2, -0.15) is 0 Å². The number of hydrogen-bond donors (Lipinski definition) is 2. The van der Waals surface area contributed by atoms with E-state index in [4.69, 9.17) is 0 Å². The molecule has 0 unspecified atom stereocenters. The van der Waals surface area contributed by atoms with Gasteiger partial charge >= 0.3 is 0 Å². The van der Waals surface area contributed by atoms with Crippen LogP contribution in [0.15, 0.2) is 59.7 Å². The second-order valence-electron chi connectivity index (χ2n) is 7.69. The maximum Gasteiger partial charge on any atom is 0.278 e. The molecule has 0 spiro atoms. The molecule has 31 heavy (non-hydrogen) atoms. The Morgan fingerprint density at radius 3 is 2.84 bits per heavy atom. The maximum absolute atomic E-state index is 12.8. The number of nitrogens with zero attached hydrogens (tertiary/aromatic N) is 3. The van der Waals surface area contributed by atoms with Crippen LogP contribution in [0, 0.1) is 6.92 Å². The fourth-order valence-corrected chi connectivity index (χ4v) is 3.85. The van der Waals surface area contributed by atoms with Crippen molar-refractivity contribution < 1.29 is 4.79 Å². The molecule has 0 aliphatic heterocycles. The molecule has 0 saturated carbocycles. The molecule has 2 aromatic heterocycles. The Hall–Kier alpha value is -3.61. The highest BCUT2D eigenvalue weighted by Crippen LogP contribution is 2.20. The van der Waals surface area contributed by atoms with Gasteiger partial charge in [0, 0.05) is 36.2 Å². The average molecular weight is 418 g/mol. The number of fused-ring (bicyclic) bond motifs is 3. The first-order chi connectivity index (χ1) is 15.1. The van der Waals surface area contributed by atoms with Gasteiger partial charge in [0.25, 0.3) is 5.56 Å². The van der Waals surface area contributed by atoms with Gasteiger partial charge in [-0.05, 0) is 44.0 Å². The number of hydrogen-bond acceptors (Lipinski definition) is 4. The number of aromatic amines is 1. The summed E-state index contributed by atoms with van der Waals surface area (Å²) in [6, 6.07) is 16.1. The highest BCUT2D eigenvalue weighted by Gasteiger charge is 2.12. The number of aromatic nitrogens is 3. The lowest BCUT2D eigenvalue weighted by molar-refractivity contribution is -0.121. The number of nitrogens with one attached hydrogen (secondary N) is 2. The molecular formula is C24H27N5O2. The summed E-state index contributed by atoms with van der Waals surface area (Å²) >= 11 is 0. The van der Waals surface area contributed by atoms with Crippen molar-refractivity contribution in [3.63, 3.8) is 0 Å². The molecule has 4 aromatic rings. The van der Waals surface area contributed by atoms with Crippen molar-refractivity contribution in [2.75, 3.05) is 24.5 Å². The van der Waals surface area contributed by atoms with Gasteiger partial charge in [-0.15, -0.1) is 0 Å². The van der Waals surface area contributed by atoms with Crippen LogP contribution in [0.5, 0.6) is 0 Å². The molecule has 7 nitrogen and oxygen atoms in total. The third-order valence-corrected chi connectivity index (χ3v) is 5.47. The van der Waals surface area contributed by atoms with Crippen molar-refractivity contribution in [3.05, 3.63) is 70.8 Å². The van der Waals surface area contributed by atoms with Gasteiger partial charge in [-0.1, -0.05) is 30.3 Å². The molecule has 0 fully saturated rings. The Morgan fingerprint density at radius 2 is 2.03 bits per heavy atom. The zero-order valence-electron chi connectivity index (χ0n) is 17.9. The smallest absolute Gasteiger partial charge is 0.278 e. The molecule has 0 bridgehead atoms. The van der Waals surface area contributed by atoms with E-state index < -0.39 is 0 Å². The Kier molecular flexibility index (Phi) is 6.02. The lowest BCUT2D eigenvalue weighted by Crippen LogP contribution is -2.34. The van der Waals surface area contributed by atoms with Crippen LogP contribution in [0.2, 0.25) is 0 Å². The summed E-state index contributed by atoms with van der Waals surface area (Å²) in [5.41, 5.74) is 4.10. The van der Waals surface area contributed by atoms with E-state index in [1.165, 1.54) is 22.1 Å². The third-order valence-electron chi connectivity index (χ3n) is 5.47. The molecule has 0 radical (unpaired) electrons. The van der Waals surface area contributed by atoms with E-state index in [2.05, 4.69) is 58.3 Å². The quantitative estimate of drug-likeness (QED) is 0.431. The molecule has 2 N–H and O–H groups in total. The zero-order chi connectivity index (χ0) is 21.8. The summed E-state index contributed by atoms with van der Waals surface area (Å²) < 4.78 is 1.35. The van der Waals surface area contributed by atoms with Crippen molar-refractivity contribution >= 4 is 33.5 Å². The second-order valence-corrected chi connectivity index (χ2v) is 7.69. The highest BCUT2D eigenvalue weighted by molar-refractivity contribution is 6.04. The van der Waals surface area contributed by atoms with Crippen LogP contribution in [0.1, 0.15) is 18.9 Å². The van der Waals surface area contributed by atoms with Gasteiger partial charge in [0.15, 0.2) is 0 Å². The molecule has 0 saturated heterocycles. The topological polar surface area (TPSA) is 83.0 Å². The Balaban J connectivity index is 1.34. The number of para-hydroxylation sites is 1. The Bertz CT molecular complexity index is 1270. The van der Waals surface area contributed by atoms with Crippen molar-refractivity contribution in [3.8, 4) is 0 Å².